The van der Waals surface area contributed by atoms with Gasteiger partial charge in [-0.1, -0.05) is 29.3 Å². The van der Waals surface area contributed by atoms with Crippen LogP contribution in [0.5, 0.6) is 5.75 Å². The second-order valence-corrected chi connectivity index (χ2v) is 5.82. The molecule has 0 radical (unpaired) electrons. The molecular formula is C13H14Cl2N2OS. The van der Waals surface area contributed by atoms with Crippen LogP contribution in [0.1, 0.15) is 16.5 Å². The molecule has 2 aromatic rings. The number of thiophene rings is 1. The van der Waals surface area contributed by atoms with Crippen LogP contribution in [0, 0.1) is 0 Å². The van der Waals surface area contributed by atoms with Gasteiger partial charge < -0.3 is 4.74 Å². The molecule has 0 spiro atoms. The molecule has 0 bridgehead atoms. The first-order chi connectivity index (χ1) is 9.13. The highest BCUT2D eigenvalue weighted by Gasteiger charge is 2.14. The Morgan fingerprint density at radius 1 is 1.32 bits per heavy atom. The molecule has 0 aliphatic carbocycles. The number of methoxy groups -OCH3 is 1. The van der Waals surface area contributed by atoms with Crippen molar-refractivity contribution in [1.29, 1.82) is 0 Å². The van der Waals surface area contributed by atoms with Gasteiger partial charge in [0.2, 0.25) is 0 Å². The Morgan fingerprint density at radius 2 is 2.11 bits per heavy atom. The van der Waals surface area contributed by atoms with Gasteiger partial charge in [0.25, 0.3) is 0 Å². The van der Waals surface area contributed by atoms with Gasteiger partial charge >= 0.3 is 0 Å². The summed E-state index contributed by atoms with van der Waals surface area (Å²) in [6, 6.07) is 7.60. The molecule has 19 heavy (non-hydrogen) atoms. The number of nitrogens with one attached hydrogen (secondary N) is 1. The van der Waals surface area contributed by atoms with E-state index in [1.165, 1.54) is 0 Å². The third-order valence-corrected chi connectivity index (χ3v) is 4.56. The monoisotopic (exact) mass is 316 g/mol. The number of rotatable bonds is 5. The fourth-order valence-corrected chi connectivity index (χ4v) is 3.01. The zero-order valence-electron chi connectivity index (χ0n) is 10.3. The lowest BCUT2D eigenvalue weighted by atomic mass is 10.1. The Labute approximate surface area is 126 Å². The summed E-state index contributed by atoms with van der Waals surface area (Å²) in [5.41, 5.74) is 3.89. The number of hydrazine groups is 1. The van der Waals surface area contributed by atoms with E-state index in [-0.39, 0.29) is 6.04 Å². The summed E-state index contributed by atoms with van der Waals surface area (Å²) in [7, 11) is 1.65. The molecule has 0 saturated carbocycles. The van der Waals surface area contributed by atoms with Gasteiger partial charge in [0, 0.05) is 10.3 Å². The number of nitrogens with two attached hydrogens (primary N) is 1. The normalized spacial score (nSPS) is 12.4. The van der Waals surface area contributed by atoms with Crippen molar-refractivity contribution < 1.29 is 4.74 Å². The van der Waals surface area contributed by atoms with E-state index in [4.69, 9.17) is 33.8 Å². The maximum absolute atomic E-state index is 6.01. The van der Waals surface area contributed by atoms with Crippen LogP contribution in [0.25, 0.3) is 0 Å². The van der Waals surface area contributed by atoms with E-state index in [1.807, 2.05) is 23.6 Å². The van der Waals surface area contributed by atoms with E-state index >= 15 is 0 Å². The molecule has 1 aromatic heterocycles. The quantitative estimate of drug-likeness (QED) is 0.651. The van der Waals surface area contributed by atoms with E-state index in [2.05, 4.69) is 5.43 Å². The largest absolute Gasteiger partial charge is 0.496 e. The zero-order chi connectivity index (χ0) is 13.8. The third-order valence-electron chi connectivity index (χ3n) is 2.80. The Bertz CT molecular complexity index is 559. The number of ether oxygens (including phenoxy) is 1. The number of hydrogen-bond donors (Lipinski definition) is 2. The molecular weight excluding hydrogens is 303 g/mol. The maximum Gasteiger partial charge on any atom is 0.129 e. The molecule has 102 valence electrons. The smallest absolute Gasteiger partial charge is 0.129 e. The lowest BCUT2D eigenvalue weighted by Gasteiger charge is -2.14. The molecule has 1 heterocycles. The van der Waals surface area contributed by atoms with Gasteiger partial charge in [-0.25, -0.2) is 0 Å². The highest BCUT2D eigenvalue weighted by atomic mass is 35.5. The SMILES string of the molecule is COc1csc(C(Cc2ccc(Cl)c(Cl)c2)NN)c1. The Morgan fingerprint density at radius 3 is 2.68 bits per heavy atom. The van der Waals surface area contributed by atoms with Crippen molar-refractivity contribution in [2.75, 3.05) is 7.11 Å². The first-order valence-electron chi connectivity index (χ1n) is 5.66. The van der Waals surface area contributed by atoms with E-state index < -0.39 is 0 Å². The highest BCUT2D eigenvalue weighted by Crippen LogP contribution is 2.30. The summed E-state index contributed by atoms with van der Waals surface area (Å²) >= 11 is 13.5. The average Bonchev–Trinajstić information content (AvgIpc) is 2.88. The molecule has 6 heteroatoms. The minimum absolute atomic E-state index is 0.0196. The van der Waals surface area contributed by atoms with Crippen molar-refractivity contribution in [2.24, 2.45) is 5.84 Å². The van der Waals surface area contributed by atoms with Crippen LogP contribution >= 0.6 is 34.5 Å². The van der Waals surface area contributed by atoms with Gasteiger partial charge in [-0.2, -0.15) is 0 Å². The average molecular weight is 317 g/mol. The molecule has 2 rings (SSSR count). The molecule has 0 saturated heterocycles. The fourth-order valence-electron chi connectivity index (χ4n) is 1.77. The van der Waals surface area contributed by atoms with Crippen molar-refractivity contribution in [2.45, 2.75) is 12.5 Å². The molecule has 3 N–H and O–H groups in total. The Balaban J connectivity index is 2.16. The highest BCUT2D eigenvalue weighted by molar-refractivity contribution is 7.10. The van der Waals surface area contributed by atoms with E-state index in [9.17, 15) is 0 Å². The fraction of sp³-hybridized carbons (Fsp3) is 0.231. The minimum atomic E-state index is 0.0196. The maximum atomic E-state index is 6.01. The molecule has 1 unspecified atom stereocenters. The van der Waals surface area contributed by atoms with Gasteiger partial charge in [-0.3, -0.25) is 11.3 Å². The number of benzene rings is 1. The van der Waals surface area contributed by atoms with Gasteiger partial charge in [-0.05, 0) is 30.2 Å². The van der Waals surface area contributed by atoms with Crippen molar-refractivity contribution >= 4 is 34.5 Å². The summed E-state index contributed by atoms with van der Waals surface area (Å²) < 4.78 is 5.18. The lowest BCUT2D eigenvalue weighted by Crippen LogP contribution is -2.28. The first kappa shape index (κ1) is 14.6. The predicted molar refractivity (Wildman–Crippen MR) is 81.1 cm³/mol. The Kier molecular flexibility index (Phi) is 5.07. The van der Waals surface area contributed by atoms with Crippen LogP contribution in [-0.2, 0) is 6.42 Å². The molecule has 0 aliphatic heterocycles. The van der Waals surface area contributed by atoms with E-state index in [0.717, 1.165) is 22.6 Å². The molecule has 3 nitrogen and oxygen atoms in total. The summed E-state index contributed by atoms with van der Waals surface area (Å²) in [5.74, 6) is 6.47. The summed E-state index contributed by atoms with van der Waals surface area (Å²) in [4.78, 5) is 1.12. The van der Waals surface area contributed by atoms with Gasteiger partial charge in [0.05, 0.1) is 23.2 Å². The second-order valence-electron chi connectivity index (χ2n) is 4.06. The van der Waals surface area contributed by atoms with Crippen molar-refractivity contribution in [3.05, 3.63) is 50.1 Å². The molecule has 1 atom stereocenters. The number of halogens is 2. The summed E-state index contributed by atoms with van der Waals surface area (Å²) in [6.07, 6.45) is 0.733. The van der Waals surface area contributed by atoms with E-state index in [1.54, 1.807) is 24.5 Å². The molecule has 0 aliphatic rings. The van der Waals surface area contributed by atoms with Crippen LogP contribution in [-0.4, -0.2) is 7.11 Å². The molecule has 0 amide bonds. The van der Waals surface area contributed by atoms with Crippen molar-refractivity contribution in [1.82, 2.24) is 5.43 Å². The van der Waals surface area contributed by atoms with Crippen LogP contribution in [0.3, 0.4) is 0 Å². The minimum Gasteiger partial charge on any atom is -0.496 e. The van der Waals surface area contributed by atoms with Crippen LogP contribution in [0.2, 0.25) is 10.0 Å². The lowest BCUT2D eigenvalue weighted by molar-refractivity contribution is 0.415. The topological polar surface area (TPSA) is 47.3 Å². The summed E-state index contributed by atoms with van der Waals surface area (Å²) in [6.45, 7) is 0. The van der Waals surface area contributed by atoms with Crippen LogP contribution in [0.15, 0.2) is 29.6 Å². The first-order valence-corrected chi connectivity index (χ1v) is 7.30. The third kappa shape index (κ3) is 3.61. The summed E-state index contributed by atoms with van der Waals surface area (Å²) in [5, 5.41) is 3.06. The van der Waals surface area contributed by atoms with Crippen molar-refractivity contribution in [3.63, 3.8) is 0 Å². The predicted octanol–water partition coefficient (Wildman–Crippen LogP) is 3.81. The molecule has 0 fully saturated rings. The van der Waals surface area contributed by atoms with Gasteiger partial charge in [0.15, 0.2) is 0 Å². The van der Waals surface area contributed by atoms with E-state index in [0.29, 0.717) is 10.0 Å². The second kappa shape index (κ2) is 6.59. The van der Waals surface area contributed by atoms with Crippen LogP contribution < -0.4 is 16.0 Å². The van der Waals surface area contributed by atoms with Crippen LogP contribution in [0.4, 0.5) is 0 Å². The number of hydrogen-bond acceptors (Lipinski definition) is 4. The standard InChI is InChI=1S/C13H14Cl2N2OS/c1-18-9-6-13(19-7-9)12(17-16)5-8-2-3-10(14)11(15)4-8/h2-4,6-7,12,17H,5,16H2,1H3. The van der Waals surface area contributed by atoms with Gasteiger partial charge in [-0.15, -0.1) is 11.3 Å². The van der Waals surface area contributed by atoms with Crippen molar-refractivity contribution in [3.8, 4) is 5.75 Å². The van der Waals surface area contributed by atoms with Gasteiger partial charge in [0.1, 0.15) is 5.75 Å². The molecule has 1 aromatic carbocycles. The Hall–Kier alpha value is -0.780. The zero-order valence-corrected chi connectivity index (χ0v) is 12.6.